The van der Waals surface area contributed by atoms with E-state index in [-0.39, 0.29) is 23.5 Å². The molecular weight excluding hydrogens is 462 g/mol. The molecule has 7 nitrogen and oxygen atoms in total. The molecule has 2 aromatic carbocycles. The van der Waals surface area contributed by atoms with Gasteiger partial charge in [0.15, 0.2) is 0 Å². The van der Waals surface area contributed by atoms with Crippen molar-refractivity contribution in [1.29, 1.82) is 0 Å². The second kappa shape index (κ2) is 9.35. The first-order valence-electron chi connectivity index (χ1n) is 11.4. The van der Waals surface area contributed by atoms with Gasteiger partial charge in [-0.15, -0.1) is 0 Å². The van der Waals surface area contributed by atoms with Crippen LogP contribution >= 0.6 is 11.6 Å². The van der Waals surface area contributed by atoms with Gasteiger partial charge < -0.3 is 10.2 Å². The number of hydrogen-bond donors (Lipinski definition) is 1. The van der Waals surface area contributed by atoms with Crippen LogP contribution < -0.4 is 10.2 Å². The Hall–Kier alpha value is -3.97. The molecule has 1 aromatic heterocycles. The summed E-state index contributed by atoms with van der Waals surface area (Å²) in [6, 6.07) is 19.2. The first-order chi connectivity index (χ1) is 16.9. The van der Waals surface area contributed by atoms with Gasteiger partial charge in [-0.3, -0.25) is 15.1 Å². The molecule has 1 aliphatic heterocycles. The van der Waals surface area contributed by atoms with Crippen molar-refractivity contribution >= 4 is 40.2 Å². The number of rotatable bonds is 5. The SMILES string of the molecule is CC(C)N=C1C=C2C(C=C1Nc1ncccc1[N+](=O)[O-])Cc1ccccc1N2c1ccc(Cl)cc1. The summed E-state index contributed by atoms with van der Waals surface area (Å²) in [4.78, 5) is 22.4. The van der Waals surface area contributed by atoms with Crippen LogP contribution in [0.1, 0.15) is 19.4 Å². The summed E-state index contributed by atoms with van der Waals surface area (Å²) in [5.74, 6) is 0.236. The third-order valence-electron chi connectivity index (χ3n) is 5.96. The van der Waals surface area contributed by atoms with Crippen LogP contribution in [0.25, 0.3) is 0 Å². The Morgan fingerprint density at radius 3 is 2.66 bits per heavy atom. The second-order valence-electron chi connectivity index (χ2n) is 8.76. The van der Waals surface area contributed by atoms with Gasteiger partial charge in [0.1, 0.15) is 0 Å². The average molecular weight is 486 g/mol. The maximum absolute atomic E-state index is 11.6. The fourth-order valence-electron chi connectivity index (χ4n) is 4.51. The van der Waals surface area contributed by atoms with Gasteiger partial charge in [-0.2, -0.15) is 0 Å². The van der Waals surface area contributed by atoms with Crippen LogP contribution in [0.4, 0.5) is 22.9 Å². The Bertz CT molecular complexity index is 1380. The molecule has 1 atom stereocenters. The summed E-state index contributed by atoms with van der Waals surface area (Å²) in [5.41, 5.74) is 5.79. The first kappa shape index (κ1) is 22.8. The van der Waals surface area contributed by atoms with Crippen LogP contribution in [0, 0.1) is 16.0 Å². The van der Waals surface area contributed by atoms with Crippen LogP contribution in [0.15, 0.2) is 95.4 Å². The third kappa shape index (κ3) is 4.55. The molecule has 0 amide bonds. The predicted molar refractivity (Wildman–Crippen MR) is 140 cm³/mol. The maximum atomic E-state index is 11.6. The number of nitrogens with zero attached hydrogens (tertiary/aromatic N) is 4. The highest BCUT2D eigenvalue weighted by atomic mass is 35.5. The van der Waals surface area contributed by atoms with E-state index >= 15 is 0 Å². The van der Waals surface area contributed by atoms with E-state index in [0.717, 1.165) is 29.2 Å². The lowest BCUT2D eigenvalue weighted by atomic mass is 9.84. The molecule has 1 N–H and O–H groups in total. The topological polar surface area (TPSA) is 83.7 Å². The molecule has 0 radical (unpaired) electrons. The number of benzene rings is 2. The highest BCUT2D eigenvalue weighted by molar-refractivity contribution is 6.30. The number of hydrogen-bond acceptors (Lipinski definition) is 6. The van der Waals surface area contributed by atoms with E-state index in [1.807, 2.05) is 50.2 Å². The molecule has 0 spiro atoms. The maximum Gasteiger partial charge on any atom is 0.311 e. The molecule has 5 rings (SSSR count). The number of nitrogens with one attached hydrogen (secondary N) is 1. The average Bonchev–Trinajstić information content (AvgIpc) is 2.84. The van der Waals surface area contributed by atoms with E-state index < -0.39 is 4.92 Å². The minimum absolute atomic E-state index is 0.0298. The zero-order valence-electron chi connectivity index (χ0n) is 19.4. The number of para-hydroxylation sites is 1. The molecule has 176 valence electrons. The molecule has 0 fully saturated rings. The lowest BCUT2D eigenvalue weighted by Gasteiger charge is -2.40. The first-order valence-corrected chi connectivity index (χ1v) is 11.8. The summed E-state index contributed by atoms with van der Waals surface area (Å²) >= 11 is 6.18. The summed E-state index contributed by atoms with van der Waals surface area (Å²) in [6.45, 7) is 4.01. The smallest absolute Gasteiger partial charge is 0.311 e. The van der Waals surface area contributed by atoms with E-state index in [9.17, 15) is 10.1 Å². The van der Waals surface area contributed by atoms with Crippen molar-refractivity contribution in [1.82, 2.24) is 4.98 Å². The fraction of sp³-hybridized carbons (Fsp3) is 0.185. The van der Waals surface area contributed by atoms with Gasteiger partial charge >= 0.3 is 5.69 Å². The highest BCUT2D eigenvalue weighted by Crippen LogP contribution is 2.44. The Morgan fingerprint density at radius 1 is 1.14 bits per heavy atom. The molecule has 3 aromatic rings. The van der Waals surface area contributed by atoms with Gasteiger partial charge in [-0.25, -0.2) is 4.98 Å². The molecule has 0 saturated heterocycles. The molecule has 0 bridgehead atoms. The summed E-state index contributed by atoms with van der Waals surface area (Å²) in [7, 11) is 0. The minimum atomic E-state index is -0.432. The normalized spacial score (nSPS) is 18.0. The summed E-state index contributed by atoms with van der Waals surface area (Å²) < 4.78 is 0. The Labute approximate surface area is 208 Å². The number of fused-ring (bicyclic) bond motifs is 2. The van der Waals surface area contributed by atoms with Crippen molar-refractivity contribution in [2.45, 2.75) is 26.3 Å². The number of anilines is 3. The van der Waals surface area contributed by atoms with Crippen LogP contribution in [-0.4, -0.2) is 21.7 Å². The van der Waals surface area contributed by atoms with Gasteiger partial charge in [0.05, 0.1) is 16.3 Å². The quantitative estimate of drug-likeness (QED) is 0.321. The molecular formula is C27H24ClN5O2. The van der Waals surface area contributed by atoms with Gasteiger partial charge in [-0.1, -0.05) is 29.8 Å². The summed E-state index contributed by atoms with van der Waals surface area (Å²) in [6.07, 6.45) is 6.52. The van der Waals surface area contributed by atoms with E-state index in [1.54, 1.807) is 12.3 Å². The van der Waals surface area contributed by atoms with E-state index in [4.69, 9.17) is 16.6 Å². The Morgan fingerprint density at radius 2 is 1.91 bits per heavy atom. The standard InChI is InChI=1S/C27H24ClN5O2/c1-17(2)30-23-16-26-19(15-22(23)31-27-25(33(34)35)8-5-13-29-27)14-18-6-3-4-7-24(18)32(26)21-11-9-20(28)10-12-21/h3-13,15-17,19H,14H2,1-2H3,(H,29,31). The predicted octanol–water partition coefficient (Wildman–Crippen LogP) is 6.70. The lowest BCUT2D eigenvalue weighted by Crippen LogP contribution is -2.33. The lowest BCUT2D eigenvalue weighted by molar-refractivity contribution is -0.384. The van der Waals surface area contributed by atoms with Gasteiger partial charge in [0.25, 0.3) is 0 Å². The van der Waals surface area contributed by atoms with Crippen molar-refractivity contribution in [2.75, 3.05) is 10.2 Å². The molecule has 35 heavy (non-hydrogen) atoms. The molecule has 2 aliphatic rings. The fourth-order valence-corrected chi connectivity index (χ4v) is 4.63. The van der Waals surface area contributed by atoms with Crippen LogP contribution in [-0.2, 0) is 6.42 Å². The third-order valence-corrected chi connectivity index (χ3v) is 6.21. The van der Waals surface area contributed by atoms with Crippen molar-refractivity contribution in [3.8, 4) is 0 Å². The van der Waals surface area contributed by atoms with Crippen LogP contribution in [0.5, 0.6) is 0 Å². The number of aliphatic imine (C=N–C) groups is 1. The zero-order chi connectivity index (χ0) is 24.5. The molecule has 0 saturated carbocycles. The molecule has 2 heterocycles. The van der Waals surface area contributed by atoms with Crippen LogP contribution in [0.3, 0.4) is 0 Å². The largest absolute Gasteiger partial charge is 0.333 e. The summed E-state index contributed by atoms with van der Waals surface area (Å²) in [5, 5.41) is 15.4. The van der Waals surface area contributed by atoms with Crippen molar-refractivity contribution in [3.63, 3.8) is 0 Å². The second-order valence-corrected chi connectivity index (χ2v) is 9.20. The van der Waals surface area contributed by atoms with Crippen molar-refractivity contribution in [2.24, 2.45) is 10.9 Å². The molecule has 1 aliphatic carbocycles. The van der Waals surface area contributed by atoms with Gasteiger partial charge in [-0.05, 0) is 74.4 Å². The van der Waals surface area contributed by atoms with Crippen molar-refractivity contribution in [3.05, 3.63) is 111 Å². The zero-order valence-corrected chi connectivity index (χ0v) is 20.1. The molecule has 1 unspecified atom stereocenters. The van der Waals surface area contributed by atoms with E-state index in [0.29, 0.717) is 10.7 Å². The Balaban J connectivity index is 1.63. The van der Waals surface area contributed by atoms with Gasteiger partial charge in [0, 0.05) is 46.3 Å². The number of nitro groups is 1. The number of pyridine rings is 1. The highest BCUT2D eigenvalue weighted by Gasteiger charge is 2.33. The van der Waals surface area contributed by atoms with Gasteiger partial charge in [0.2, 0.25) is 5.82 Å². The molecule has 8 heteroatoms. The van der Waals surface area contributed by atoms with Crippen molar-refractivity contribution < 1.29 is 4.92 Å². The Kier molecular flexibility index (Phi) is 6.09. The van der Waals surface area contributed by atoms with Crippen LogP contribution in [0.2, 0.25) is 5.02 Å². The number of aromatic nitrogens is 1. The van der Waals surface area contributed by atoms with E-state index in [1.165, 1.54) is 11.6 Å². The monoisotopic (exact) mass is 485 g/mol. The van der Waals surface area contributed by atoms with E-state index in [2.05, 4.69) is 39.5 Å². The minimum Gasteiger partial charge on any atom is -0.333 e. The number of halogens is 1. The number of allylic oxidation sites excluding steroid dienone is 2.